The number of hydrogen-bond acceptors (Lipinski definition) is 4. The van der Waals surface area contributed by atoms with Gasteiger partial charge in [0.05, 0.1) is 13.2 Å². The molecule has 0 radical (unpaired) electrons. The lowest BCUT2D eigenvalue weighted by molar-refractivity contribution is -0.117. The number of amides is 1. The summed E-state index contributed by atoms with van der Waals surface area (Å²) in [5, 5.41) is 16.1. The Labute approximate surface area is 131 Å². The molecule has 3 rings (SSSR count). The zero-order valence-corrected chi connectivity index (χ0v) is 13.4. The van der Waals surface area contributed by atoms with Gasteiger partial charge in [-0.3, -0.25) is 9.69 Å². The molecule has 2 fully saturated rings. The fourth-order valence-electron chi connectivity index (χ4n) is 3.76. The quantitative estimate of drug-likeness (QED) is 0.768. The zero-order valence-electron chi connectivity index (χ0n) is 13.4. The minimum absolute atomic E-state index is 0.0229. The highest BCUT2D eigenvalue weighted by Gasteiger charge is 2.49. The smallest absolute Gasteiger partial charge is 0.238 e. The summed E-state index contributed by atoms with van der Waals surface area (Å²) in [6, 6.07) is 5.95. The first kappa shape index (κ1) is 15.5. The molecule has 22 heavy (non-hydrogen) atoms. The second-order valence-corrected chi connectivity index (χ2v) is 6.81. The monoisotopic (exact) mass is 303 g/mol. The number of aryl methyl sites for hydroxylation is 1. The Balaban J connectivity index is 1.60. The number of carbonyl (C=O) groups is 1. The van der Waals surface area contributed by atoms with Crippen LogP contribution >= 0.6 is 0 Å². The van der Waals surface area contributed by atoms with Crippen LogP contribution in [0.3, 0.4) is 0 Å². The largest absolute Gasteiger partial charge is 0.396 e. The molecule has 0 aliphatic carbocycles. The lowest BCUT2D eigenvalue weighted by Gasteiger charge is -2.25. The van der Waals surface area contributed by atoms with Crippen LogP contribution in [0.1, 0.15) is 11.1 Å². The van der Waals surface area contributed by atoms with Crippen molar-refractivity contribution in [3.8, 4) is 0 Å². The van der Waals surface area contributed by atoms with Crippen LogP contribution in [0.2, 0.25) is 0 Å². The minimum atomic E-state index is -0.0560. The van der Waals surface area contributed by atoms with Gasteiger partial charge in [0.15, 0.2) is 0 Å². The van der Waals surface area contributed by atoms with E-state index in [9.17, 15) is 9.90 Å². The molecule has 5 nitrogen and oxygen atoms in total. The third-order valence-corrected chi connectivity index (χ3v) is 5.31. The summed E-state index contributed by atoms with van der Waals surface area (Å²) in [4.78, 5) is 14.5. The second-order valence-electron chi connectivity index (χ2n) is 6.81. The van der Waals surface area contributed by atoms with E-state index in [4.69, 9.17) is 0 Å². The number of aliphatic hydroxyl groups is 1. The third kappa shape index (κ3) is 2.76. The number of nitrogens with zero attached hydrogens (tertiary/aromatic N) is 1. The Morgan fingerprint density at radius 1 is 1.50 bits per heavy atom. The maximum absolute atomic E-state index is 12.3. The number of rotatable bonds is 4. The maximum atomic E-state index is 12.3. The molecular formula is C17H25N3O2. The highest BCUT2D eigenvalue weighted by atomic mass is 16.3. The molecule has 0 spiro atoms. The maximum Gasteiger partial charge on any atom is 0.238 e. The van der Waals surface area contributed by atoms with Crippen molar-refractivity contribution >= 4 is 11.6 Å². The molecule has 1 aromatic rings. The van der Waals surface area contributed by atoms with E-state index in [1.807, 2.05) is 32.0 Å². The molecule has 1 amide bonds. The first-order valence-corrected chi connectivity index (χ1v) is 7.94. The van der Waals surface area contributed by atoms with Crippen LogP contribution < -0.4 is 10.6 Å². The van der Waals surface area contributed by atoms with Gasteiger partial charge in [-0.25, -0.2) is 0 Å². The summed E-state index contributed by atoms with van der Waals surface area (Å²) in [7, 11) is 0. The van der Waals surface area contributed by atoms with Gasteiger partial charge >= 0.3 is 0 Å². The average Bonchev–Trinajstić information content (AvgIpc) is 3.00. The number of carbonyl (C=O) groups excluding carboxylic acids is 1. The number of anilines is 1. The molecule has 0 aromatic heterocycles. The molecule has 0 saturated carbocycles. The van der Waals surface area contributed by atoms with Crippen LogP contribution in [-0.2, 0) is 4.79 Å². The van der Waals surface area contributed by atoms with Crippen LogP contribution in [0.25, 0.3) is 0 Å². The molecule has 0 bridgehead atoms. The SMILES string of the molecule is Cc1cccc(NC(=O)CN2CC3CNCC3(CO)C2)c1C. The van der Waals surface area contributed by atoms with Gasteiger partial charge in [0.1, 0.15) is 0 Å². The van der Waals surface area contributed by atoms with Crippen molar-refractivity contribution < 1.29 is 9.90 Å². The summed E-state index contributed by atoms with van der Waals surface area (Å²) >= 11 is 0. The summed E-state index contributed by atoms with van der Waals surface area (Å²) < 4.78 is 0. The molecule has 3 N–H and O–H groups in total. The van der Waals surface area contributed by atoms with E-state index in [1.54, 1.807) is 0 Å². The Morgan fingerprint density at radius 2 is 2.32 bits per heavy atom. The lowest BCUT2D eigenvalue weighted by atomic mass is 9.82. The molecule has 2 aliphatic rings. The average molecular weight is 303 g/mol. The highest BCUT2D eigenvalue weighted by molar-refractivity contribution is 5.93. The molecular weight excluding hydrogens is 278 g/mol. The van der Waals surface area contributed by atoms with Gasteiger partial charge in [-0.05, 0) is 43.5 Å². The van der Waals surface area contributed by atoms with Crippen molar-refractivity contribution in [2.75, 3.05) is 44.6 Å². The van der Waals surface area contributed by atoms with E-state index in [0.717, 1.165) is 37.4 Å². The van der Waals surface area contributed by atoms with Crippen molar-refractivity contribution in [1.29, 1.82) is 0 Å². The Kier molecular flexibility index (Phi) is 4.21. The van der Waals surface area contributed by atoms with E-state index in [1.165, 1.54) is 5.56 Å². The Morgan fingerprint density at radius 3 is 3.05 bits per heavy atom. The van der Waals surface area contributed by atoms with E-state index < -0.39 is 0 Å². The Bertz CT molecular complexity index is 575. The van der Waals surface area contributed by atoms with E-state index in [0.29, 0.717) is 12.5 Å². The molecule has 2 aliphatic heterocycles. The fourth-order valence-corrected chi connectivity index (χ4v) is 3.76. The summed E-state index contributed by atoms with van der Waals surface area (Å²) in [5.74, 6) is 0.473. The minimum Gasteiger partial charge on any atom is -0.396 e. The normalized spacial score (nSPS) is 27.9. The van der Waals surface area contributed by atoms with Crippen molar-refractivity contribution in [2.45, 2.75) is 13.8 Å². The first-order chi connectivity index (χ1) is 10.5. The number of aliphatic hydroxyl groups excluding tert-OH is 1. The summed E-state index contributed by atoms with van der Waals surface area (Å²) in [6.45, 7) is 8.13. The van der Waals surface area contributed by atoms with Crippen LogP contribution in [0.15, 0.2) is 18.2 Å². The fraction of sp³-hybridized carbons (Fsp3) is 0.588. The van der Waals surface area contributed by atoms with Crippen molar-refractivity contribution in [2.24, 2.45) is 11.3 Å². The molecule has 2 heterocycles. The predicted octanol–water partition coefficient (Wildman–Crippen LogP) is 0.756. The topological polar surface area (TPSA) is 64.6 Å². The van der Waals surface area contributed by atoms with Crippen LogP contribution in [-0.4, -0.2) is 55.2 Å². The van der Waals surface area contributed by atoms with Crippen molar-refractivity contribution in [3.05, 3.63) is 29.3 Å². The van der Waals surface area contributed by atoms with Crippen LogP contribution in [0, 0.1) is 25.2 Å². The van der Waals surface area contributed by atoms with E-state index in [-0.39, 0.29) is 17.9 Å². The molecule has 2 atom stereocenters. The van der Waals surface area contributed by atoms with Crippen LogP contribution in [0.4, 0.5) is 5.69 Å². The number of likely N-dealkylation sites (tertiary alicyclic amines) is 1. The standard InChI is InChI=1S/C17H25N3O2/c1-12-4-3-5-15(13(12)2)19-16(22)8-20-7-14-6-18-9-17(14,10-20)11-21/h3-5,14,18,21H,6-11H2,1-2H3,(H,19,22). The van der Waals surface area contributed by atoms with Gasteiger partial charge in [0.25, 0.3) is 0 Å². The predicted molar refractivity (Wildman–Crippen MR) is 86.9 cm³/mol. The first-order valence-electron chi connectivity index (χ1n) is 7.94. The van der Waals surface area contributed by atoms with Crippen molar-refractivity contribution in [3.63, 3.8) is 0 Å². The lowest BCUT2D eigenvalue weighted by Crippen LogP contribution is -2.38. The summed E-state index contributed by atoms with van der Waals surface area (Å²) in [6.07, 6.45) is 0. The number of nitrogens with one attached hydrogen (secondary N) is 2. The van der Waals surface area contributed by atoms with Crippen LogP contribution in [0.5, 0.6) is 0 Å². The highest BCUT2D eigenvalue weighted by Crippen LogP contribution is 2.38. The van der Waals surface area contributed by atoms with Gasteiger partial charge in [0, 0.05) is 30.7 Å². The van der Waals surface area contributed by atoms with E-state index >= 15 is 0 Å². The Hall–Kier alpha value is -1.43. The second kappa shape index (κ2) is 5.99. The number of hydrogen-bond donors (Lipinski definition) is 3. The van der Waals surface area contributed by atoms with Crippen molar-refractivity contribution in [1.82, 2.24) is 10.2 Å². The van der Waals surface area contributed by atoms with E-state index in [2.05, 4.69) is 15.5 Å². The zero-order chi connectivity index (χ0) is 15.7. The molecule has 2 saturated heterocycles. The number of fused-ring (bicyclic) bond motifs is 1. The van der Waals surface area contributed by atoms with Gasteiger partial charge in [-0.1, -0.05) is 12.1 Å². The number of benzene rings is 1. The van der Waals surface area contributed by atoms with Gasteiger partial charge in [-0.15, -0.1) is 0 Å². The van der Waals surface area contributed by atoms with Gasteiger partial charge < -0.3 is 15.7 Å². The molecule has 1 aromatic carbocycles. The third-order valence-electron chi connectivity index (χ3n) is 5.31. The molecule has 120 valence electrons. The molecule has 5 heteroatoms. The molecule has 2 unspecified atom stereocenters. The summed E-state index contributed by atoms with van der Waals surface area (Å²) in [5.41, 5.74) is 3.13. The van der Waals surface area contributed by atoms with Gasteiger partial charge in [0.2, 0.25) is 5.91 Å². The van der Waals surface area contributed by atoms with Gasteiger partial charge in [-0.2, -0.15) is 0 Å².